The summed E-state index contributed by atoms with van der Waals surface area (Å²) in [5.74, 6) is -1.64. The third kappa shape index (κ3) is 1.92. The van der Waals surface area contributed by atoms with Crippen molar-refractivity contribution in [3.05, 3.63) is 28.5 Å². The maximum Gasteiger partial charge on any atom is 0.420 e. The zero-order valence-electron chi connectivity index (χ0n) is 6.95. The van der Waals surface area contributed by atoms with Gasteiger partial charge in [0.1, 0.15) is 10.8 Å². The monoisotopic (exact) mass is 228 g/mol. The van der Waals surface area contributed by atoms with Crippen molar-refractivity contribution in [3.8, 4) is 5.75 Å². The normalized spacial score (nSPS) is 11.6. The zero-order valence-corrected chi connectivity index (χ0v) is 7.71. The van der Waals surface area contributed by atoms with Crippen molar-refractivity contribution >= 4 is 11.6 Å². The van der Waals surface area contributed by atoms with Gasteiger partial charge in [0, 0.05) is 0 Å². The molecule has 0 N–H and O–H groups in total. The molecule has 0 heterocycles. The highest BCUT2D eigenvalue weighted by Gasteiger charge is 2.35. The molecule has 1 aromatic rings. The zero-order chi connectivity index (χ0) is 10.9. The predicted octanol–water partition coefficient (Wildman–Crippen LogP) is 3.51. The molecule has 1 aromatic carbocycles. The van der Waals surface area contributed by atoms with Crippen LogP contribution in [0.15, 0.2) is 12.1 Å². The summed E-state index contributed by atoms with van der Waals surface area (Å²) < 4.78 is 54.0. The molecule has 1 rings (SSSR count). The van der Waals surface area contributed by atoms with Gasteiger partial charge in [0.2, 0.25) is 0 Å². The fourth-order valence-corrected chi connectivity index (χ4v) is 1.20. The lowest BCUT2D eigenvalue weighted by Crippen LogP contribution is -2.08. The molecule has 0 aliphatic carbocycles. The standard InChI is InChI=1S/C8H5ClF4O/c1-14-7-4(8(11,12)13)2-3-5(10)6(7)9/h2-3H,1H3. The maximum atomic E-state index is 12.8. The maximum absolute atomic E-state index is 12.8. The third-order valence-corrected chi connectivity index (χ3v) is 1.91. The van der Waals surface area contributed by atoms with Crippen molar-refractivity contribution in [2.24, 2.45) is 0 Å². The van der Waals surface area contributed by atoms with Crippen molar-refractivity contribution in [2.45, 2.75) is 6.18 Å². The van der Waals surface area contributed by atoms with E-state index in [9.17, 15) is 17.6 Å². The predicted molar refractivity (Wildman–Crippen MR) is 43.0 cm³/mol. The van der Waals surface area contributed by atoms with Crippen LogP contribution in [0.5, 0.6) is 5.75 Å². The van der Waals surface area contributed by atoms with E-state index in [1.54, 1.807) is 0 Å². The van der Waals surface area contributed by atoms with Crippen molar-refractivity contribution in [1.29, 1.82) is 0 Å². The Morgan fingerprint density at radius 1 is 1.29 bits per heavy atom. The molecule has 6 heteroatoms. The largest absolute Gasteiger partial charge is 0.494 e. The summed E-state index contributed by atoms with van der Waals surface area (Å²) in [6.07, 6.45) is -4.61. The van der Waals surface area contributed by atoms with Crippen LogP contribution in [0.3, 0.4) is 0 Å². The van der Waals surface area contributed by atoms with E-state index in [0.29, 0.717) is 12.1 Å². The molecule has 78 valence electrons. The Labute approximate surface area is 82.2 Å². The lowest BCUT2D eigenvalue weighted by atomic mass is 10.2. The van der Waals surface area contributed by atoms with Crippen LogP contribution >= 0.6 is 11.6 Å². The highest BCUT2D eigenvalue weighted by atomic mass is 35.5. The molecule has 0 saturated carbocycles. The van der Waals surface area contributed by atoms with Gasteiger partial charge in [-0.2, -0.15) is 13.2 Å². The summed E-state index contributed by atoms with van der Waals surface area (Å²) in [6, 6.07) is 1.23. The van der Waals surface area contributed by atoms with E-state index < -0.39 is 28.3 Å². The number of alkyl halides is 3. The van der Waals surface area contributed by atoms with E-state index in [-0.39, 0.29) is 0 Å². The molecule has 0 bridgehead atoms. The average molecular weight is 229 g/mol. The van der Waals surface area contributed by atoms with Gasteiger partial charge >= 0.3 is 6.18 Å². The van der Waals surface area contributed by atoms with Crippen LogP contribution in [0.25, 0.3) is 0 Å². The van der Waals surface area contributed by atoms with Gasteiger partial charge in [0.15, 0.2) is 5.75 Å². The van der Waals surface area contributed by atoms with Crippen LogP contribution in [-0.4, -0.2) is 7.11 Å². The van der Waals surface area contributed by atoms with E-state index in [1.807, 2.05) is 0 Å². The number of ether oxygens (including phenoxy) is 1. The van der Waals surface area contributed by atoms with E-state index in [4.69, 9.17) is 11.6 Å². The second kappa shape index (κ2) is 3.65. The third-order valence-electron chi connectivity index (χ3n) is 1.56. The molecule has 0 aliphatic heterocycles. The first kappa shape index (κ1) is 11.1. The number of rotatable bonds is 1. The summed E-state index contributed by atoms with van der Waals surface area (Å²) >= 11 is 5.30. The Balaban J connectivity index is 3.39. The van der Waals surface area contributed by atoms with Gasteiger partial charge in [-0.25, -0.2) is 4.39 Å². The Kier molecular flexibility index (Phi) is 2.89. The van der Waals surface area contributed by atoms with Crippen LogP contribution < -0.4 is 4.74 Å². The Morgan fingerprint density at radius 2 is 1.86 bits per heavy atom. The first-order valence-electron chi connectivity index (χ1n) is 3.47. The molecular weight excluding hydrogens is 224 g/mol. The molecule has 0 radical (unpaired) electrons. The number of hydrogen-bond acceptors (Lipinski definition) is 1. The lowest BCUT2D eigenvalue weighted by Gasteiger charge is -2.12. The minimum atomic E-state index is -4.61. The van der Waals surface area contributed by atoms with Crippen LogP contribution in [0, 0.1) is 5.82 Å². The van der Waals surface area contributed by atoms with E-state index in [0.717, 1.165) is 7.11 Å². The minimum Gasteiger partial charge on any atom is -0.494 e. The van der Waals surface area contributed by atoms with Crippen molar-refractivity contribution < 1.29 is 22.3 Å². The van der Waals surface area contributed by atoms with Gasteiger partial charge in [-0.15, -0.1) is 0 Å². The number of halogens is 5. The second-order valence-electron chi connectivity index (χ2n) is 2.44. The topological polar surface area (TPSA) is 9.23 Å². The lowest BCUT2D eigenvalue weighted by molar-refractivity contribution is -0.138. The summed E-state index contributed by atoms with van der Waals surface area (Å²) in [6.45, 7) is 0. The van der Waals surface area contributed by atoms with E-state index in [1.165, 1.54) is 0 Å². The Hall–Kier alpha value is -0.970. The molecule has 0 unspecified atom stereocenters. The highest BCUT2D eigenvalue weighted by molar-refractivity contribution is 6.32. The average Bonchev–Trinajstić information content (AvgIpc) is 2.07. The Bertz CT molecular complexity index is 348. The molecule has 0 saturated heterocycles. The smallest absolute Gasteiger partial charge is 0.420 e. The molecular formula is C8H5ClF4O. The molecule has 0 amide bonds. The van der Waals surface area contributed by atoms with Crippen molar-refractivity contribution in [3.63, 3.8) is 0 Å². The summed E-state index contributed by atoms with van der Waals surface area (Å²) in [4.78, 5) is 0. The number of benzene rings is 1. The van der Waals surface area contributed by atoms with E-state index in [2.05, 4.69) is 4.74 Å². The summed E-state index contributed by atoms with van der Waals surface area (Å²) in [5.41, 5.74) is -1.09. The van der Waals surface area contributed by atoms with E-state index >= 15 is 0 Å². The number of hydrogen-bond donors (Lipinski definition) is 0. The molecule has 0 spiro atoms. The molecule has 14 heavy (non-hydrogen) atoms. The van der Waals surface area contributed by atoms with Crippen LogP contribution in [-0.2, 0) is 6.18 Å². The van der Waals surface area contributed by atoms with Gasteiger partial charge in [0.25, 0.3) is 0 Å². The van der Waals surface area contributed by atoms with Gasteiger partial charge in [-0.1, -0.05) is 11.6 Å². The fourth-order valence-electron chi connectivity index (χ4n) is 0.955. The van der Waals surface area contributed by atoms with Crippen LogP contribution in [0.4, 0.5) is 17.6 Å². The highest BCUT2D eigenvalue weighted by Crippen LogP contribution is 2.40. The molecule has 0 aromatic heterocycles. The molecule has 1 nitrogen and oxygen atoms in total. The van der Waals surface area contributed by atoms with Gasteiger partial charge in [-0.3, -0.25) is 0 Å². The fraction of sp³-hybridized carbons (Fsp3) is 0.250. The van der Waals surface area contributed by atoms with Gasteiger partial charge in [0.05, 0.1) is 12.7 Å². The van der Waals surface area contributed by atoms with Gasteiger partial charge in [-0.05, 0) is 12.1 Å². The second-order valence-corrected chi connectivity index (χ2v) is 2.82. The number of methoxy groups -OCH3 is 1. The van der Waals surface area contributed by atoms with Gasteiger partial charge < -0.3 is 4.74 Å². The van der Waals surface area contributed by atoms with Crippen LogP contribution in [0.1, 0.15) is 5.56 Å². The minimum absolute atomic E-state index is 0.583. The Morgan fingerprint density at radius 3 is 2.29 bits per heavy atom. The molecule has 0 fully saturated rings. The first-order valence-corrected chi connectivity index (χ1v) is 3.85. The molecule has 0 atom stereocenters. The quantitative estimate of drug-likeness (QED) is 0.669. The SMILES string of the molecule is COc1c(C(F)(F)F)ccc(F)c1Cl. The summed E-state index contributed by atoms with van der Waals surface area (Å²) in [7, 11) is 0.996. The molecule has 0 aliphatic rings. The van der Waals surface area contributed by atoms with Crippen LogP contribution in [0.2, 0.25) is 5.02 Å². The van der Waals surface area contributed by atoms with Crippen molar-refractivity contribution in [1.82, 2.24) is 0 Å². The summed E-state index contributed by atoms with van der Waals surface area (Å²) in [5, 5.41) is -0.665. The van der Waals surface area contributed by atoms with Crippen molar-refractivity contribution in [2.75, 3.05) is 7.11 Å². The first-order chi connectivity index (χ1) is 6.38.